The first-order valence-electron chi connectivity index (χ1n) is 4.84. The van der Waals surface area contributed by atoms with Gasteiger partial charge in [-0.1, -0.05) is 0 Å². The molecule has 0 aromatic carbocycles. The second kappa shape index (κ2) is 3.52. The van der Waals surface area contributed by atoms with E-state index in [9.17, 15) is 8.78 Å². The van der Waals surface area contributed by atoms with Crippen LogP contribution < -0.4 is 0 Å². The maximum atomic E-state index is 12.8. The van der Waals surface area contributed by atoms with Crippen LogP contribution in [0.4, 0.5) is 8.78 Å². The van der Waals surface area contributed by atoms with Gasteiger partial charge in [0.25, 0.3) is 0 Å². The van der Waals surface area contributed by atoms with Gasteiger partial charge in [-0.25, -0.2) is 8.78 Å². The van der Waals surface area contributed by atoms with Gasteiger partial charge in [-0.3, -0.25) is 0 Å². The fraction of sp³-hybridized carbons (Fsp3) is 1.00. The van der Waals surface area contributed by atoms with E-state index in [0.717, 1.165) is 0 Å². The topological polar surface area (TPSA) is 9.23 Å². The van der Waals surface area contributed by atoms with Crippen LogP contribution in [0.15, 0.2) is 0 Å². The van der Waals surface area contributed by atoms with Crippen molar-refractivity contribution in [3.63, 3.8) is 0 Å². The fourth-order valence-electron chi connectivity index (χ4n) is 1.63. The Kier molecular flexibility index (Phi) is 2.95. The van der Waals surface area contributed by atoms with Crippen molar-refractivity contribution in [2.24, 2.45) is 0 Å². The molecular formula is C10H18F2O. The zero-order valence-corrected chi connectivity index (χ0v) is 8.57. The number of halogens is 2. The van der Waals surface area contributed by atoms with E-state index < -0.39 is 5.92 Å². The van der Waals surface area contributed by atoms with Gasteiger partial charge in [0.2, 0.25) is 5.92 Å². The van der Waals surface area contributed by atoms with Gasteiger partial charge in [0, 0.05) is 12.8 Å². The monoisotopic (exact) mass is 192 g/mol. The summed E-state index contributed by atoms with van der Waals surface area (Å²) >= 11 is 0. The average Bonchev–Trinajstić information content (AvgIpc) is 1.91. The van der Waals surface area contributed by atoms with Gasteiger partial charge in [-0.2, -0.15) is 0 Å². The number of hydrogen-bond acceptors (Lipinski definition) is 1. The predicted octanol–water partition coefficient (Wildman–Crippen LogP) is 3.38. The van der Waals surface area contributed by atoms with Gasteiger partial charge in [-0.05, 0) is 33.6 Å². The van der Waals surface area contributed by atoms with Gasteiger partial charge in [0.15, 0.2) is 0 Å². The van der Waals surface area contributed by atoms with E-state index in [4.69, 9.17) is 4.74 Å². The van der Waals surface area contributed by atoms with Crippen molar-refractivity contribution in [3.8, 4) is 0 Å². The third-order valence-electron chi connectivity index (χ3n) is 2.18. The Hall–Kier alpha value is -0.180. The quantitative estimate of drug-likeness (QED) is 0.618. The van der Waals surface area contributed by atoms with Crippen LogP contribution >= 0.6 is 0 Å². The summed E-state index contributed by atoms with van der Waals surface area (Å²) < 4.78 is 31.1. The van der Waals surface area contributed by atoms with E-state index in [-0.39, 0.29) is 24.5 Å². The lowest BCUT2D eigenvalue weighted by atomic mass is 9.93. The Balaban J connectivity index is 2.34. The first-order valence-corrected chi connectivity index (χ1v) is 4.84. The molecule has 0 N–H and O–H groups in total. The molecule has 0 heterocycles. The molecule has 3 heteroatoms. The highest BCUT2D eigenvalue weighted by Crippen LogP contribution is 2.35. The molecule has 1 saturated carbocycles. The summed E-state index contributed by atoms with van der Waals surface area (Å²) in [5.74, 6) is -2.45. The van der Waals surface area contributed by atoms with Crippen LogP contribution in [0, 0.1) is 0 Å². The maximum Gasteiger partial charge on any atom is 0.248 e. The van der Waals surface area contributed by atoms with E-state index in [1.165, 1.54) is 0 Å². The van der Waals surface area contributed by atoms with Crippen molar-refractivity contribution in [1.82, 2.24) is 0 Å². The zero-order chi connectivity index (χ0) is 10.1. The smallest absolute Gasteiger partial charge is 0.248 e. The van der Waals surface area contributed by atoms with Crippen LogP contribution in [0.1, 0.15) is 46.5 Å². The second-order valence-corrected chi connectivity index (χ2v) is 4.79. The van der Waals surface area contributed by atoms with E-state index in [0.29, 0.717) is 12.8 Å². The van der Waals surface area contributed by atoms with Crippen molar-refractivity contribution in [3.05, 3.63) is 0 Å². The maximum absolute atomic E-state index is 12.8. The third kappa shape index (κ3) is 4.03. The number of rotatable bonds is 1. The molecule has 0 spiro atoms. The Morgan fingerprint density at radius 1 is 1.15 bits per heavy atom. The van der Waals surface area contributed by atoms with Gasteiger partial charge in [0.1, 0.15) is 0 Å². The molecule has 1 aliphatic rings. The molecule has 0 aromatic rings. The Labute approximate surface area is 78.5 Å². The average molecular weight is 192 g/mol. The Morgan fingerprint density at radius 2 is 1.62 bits per heavy atom. The van der Waals surface area contributed by atoms with Crippen molar-refractivity contribution < 1.29 is 13.5 Å². The highest BCUT2D eigenvalue weighted by atomic mass is 19.3. The first kappa shape index (κ1) is 10.9. The normalized spacial score (nSPS) is 24.7. The summed E-state index contributed by atoms with van der Waals surface area (Å²) in [6, 6.07) is 0. The predicted molar refractivity (Wildman–Crippen MR) is 48.0 cm³/mol. The molecule has 13 heavy (non-hydrogen) atoms. The minimum absolute atomic E-state index is 0.0201. The Morgan fingerprint density at radius 3 is 2.00 bits per heavy atom. The highest BCUT2D eigenvalue weighted by molar-refractivity contribution is 4.79. The molecule has 1 fully saturated rings. The summed E-state index contributed by atoms with van der Waals surface area (Å²) in [7, 11) is 0. The van der Waals surface area contributed by atoms with E-state index >= 15 is 0 Å². The molecule has 1 rings (SSSR count). The summed E-state index contributed by atoms with van der Waals surface area (Å²) in [5, 5.41) is 0. The van der Waals surface area contributed by atoms with Crippen LogP contribution in [-0.4, -0.2) is 17.6 Å². The summed E-state index contributed by atoms with van der Waals surface area (Å²) in [5.41, 5.74) is -0.211. The third-order valence-corrected chi connectivity index (χ3v) is 2.18. The van der Waals surface area contributed by atoms with Gasteiger partial charge >= 0.3 is 0 Å². The lowest BCUT2D eigenvalue weighted by Crippen LogP contribution is -2.34. The molecule has 0 saturated heterocycles. The molecule has 0 aromatic heterocycles. The minimum atomic E-state index is -2.45. The molecule has 1 aliphatic carbocycles. The largest absolute Gasteiger partial charge is 0.373 e. The molecular weight excluding hydrogens is 174 g/mol. The van der Waals surface area contributed by atoms with Gasteiger partial charge in [0.05, 0.1) is 11.7 Å². The van der Waals surface area contributed by atoms with Gasteiger partial charge < -0.3 is 4.74 Å². The molecule has 0 unspecified atom stereocenters. The summed E-state index contributed by atoms with van der Waals surface area (Å²) in [6.45, 7) is 5.87. The minimum Gasteiger partial charge on any atom is -0.373 e. The lowest BCUT2D eigenvalue weighted by molar-refractivity contribution is -0.120. The van der Waals surface area contributed by atoms with E-state index in [1.807, 2.05) is 20.8 Å². The summed E-state index contributed by atoms with van der Waals surface area (Å²) in [6.07, 6.45) is 0.968. The van der Waals surface area contributed by atoms with Crippen molar-refractivity contribution in [1.29, 1.82) is 0 Å². The van der Waals surface area contributed by atoms with Crippen LogP contribution in [0.2, 0.25) is 0 Å². The SMILES string of the molecule is CC(C)(C)OC1CCC(F)(F)CC1. The van der Waals surface area contributed by atoms with Crippen LogP contribution in [-0.2, 0) is 4.74 Å². The molecule has 1 nitrogen and oxygen atoms in total. The number of ether oxygens (including phenoxy) is 1. The number of hydrogen-bond donors (Lipinski definition) is 0. The van der Waals surface area contributed by atoms with Crippen molar-refractivity contribution in [2.45, 2.75) is 64.1 Å². The highest BCUT2D eigenvalue weighted by Gasteiger charge is 2.36. The van der Waals surface area contributed by atoms with Crippen LogP contribution in [0.25, 0.3) is 0 Å². The van der Waals surface area contributed by atoms with E-state index in [1.54, 1.807) is 0 Å². The van der Waals surface area contributed by atoms with Crippen molar-refractivity contribution in [2.75, 3.05) is 0 Å². The van der Waals surface area contributed by atoms with Crippen molar-refractivity contribution >= 4 is 0 Å². The molecule has 0 bridgehead atoms. The van der Waals surface area contributed by atoms with Crippen LogP contribution in [0.5, 0.6) is 0 Å². The standard InChI is InChI=1S/C10H18F2O/c1-9(2,3)13-8-4-6-10(11,12)7-5-8/h8H,4-7H2,1-3H3. The summed E-state index contributed by atoms with van der Waals surface area (Å²) in [4.78, 5) is 0. The fourth-order valence-corrected chi connectivity index (χ4v) is 1.63. The number of alkyl halides is 2. The zero-order valence-electron chi connectivity index (χ0n) is 8.57. The van der Waals surface area contributed by atoms with E-state index in [2.05, 4.69) is 0 Å². The molecule has 0 aliphatic heterocycles. The van der Waals surface area contributed by atoms with Crippen LogP contribution in [0.3, 0.4) is 0 Å². The lowest BCUT2D eigenvalue weighted by Gasteiger charge is -2.33. The van der Waals surface area contributed by atoms with Gasteiger partial charge in [-0.15, -0.1) is 0 Å². The second-order valence-electron chi connectivity index (χ2n) is 4.79. The first-order chi connectivity index (χ1) is 5.79. The Bertz CT molecular complexity index is 162. The molecule has 0 amide bonds. The molecule has 0 radical (unpaired) electrons. The molecule has 0 atom stereocenters. The molecule has 78 valence electrons.